The van der Waals surface area contributed by atoms with Crippen LogP contribution in [0.15, 0.2) is 11.8 Å². The molecule has 0 aromatic carbocycles. The monoisotopic (exact) mass is 327 g/mol. The molecular formula is C17H33NO3Si. The number of carbonyl (C=O) groups excluding carboxylic acids is 1. The summed E-state index contributed by atoms with van der Waals surface area (Å²) in [6.07, 6.45) is 3.67. The van der Waals surface area contributed by atoms with E-state index in [2.05, 4.69) is 44.8 Å². The Labute approximate surface area is 137 Å². The predicted molar refractivity (Wildman–Crippen MR) is 93.2 cm³/mol. The Hall–Kier alpha value is -0.813. The van der Waals surface area contributed by atoms with Crippen LogP contribution in [0.1, 0.15) is 40.5 Å². The second kappa shape index (κ2) is 6.36. The fourth-order valence-electron chi connectivity index (χ4n) is 2.71. The van der Waals surface area contributed by atoms with Gasteiger partial charge in [0.05, 0.1) is 18.3 Å². The third-order valence-corrected chi connectivity index (χ3v) is 9.67. The first kappa shape index (κ1) is 19.2. The molecule has 0 N–H and O–H groups in total. The van der Waals surface area contributed by atoms with Crippen molar-refractivity contribution in [2.45, 2.75) is 64.7 Å². The zero-order chi connectivity index (χ0) is 17.3. The highest BCUT2D eigenvalue weighted by molar-refractivity contribution is 6.74. The number of likely N-dealkylation sites (N-methyl/N-ethyl adjacent to an activating group) is 1. The topological polar surface area (TPSA) is 38.8 Å². The molecule has 1 rings (SSSR count). The molecule has 0 bridgehead atoms. The maximum Gasteiger partial charge on any atom is 0.313 e. The van der Waals surface area contributed by atoms with Gasteiger partial charge >= 0.3 is 5.97 Å². The lowest BCUT2D eigenvalue weighted by atomic mass is 9.74. The van der Waals surface area contributed by atoms with E-state index in [1.807, 2.05) is 21.0 Å². The molecule has 5 heteroatoms. The standard InChI is InChI=1S/C17H33NO3Si/c1-16(2,3)22(8,9)21-13-10-11-17(4,15(19)20-7)14(12-13)18(5)6/h12,14H,10-11H2,1-9H3/t14-,17-/m1/s1. The Kier molecular flexibility index (Phi) is 5.56. The second-order valence-electron chi connectivity index (χ2n) is 8.31. The highest BCUT2D eigenvalue weighted by Gasteiger charge is 2.46. The van der Waals surface area contributed by atoms with Crippen molar-refractivity contribution in [1.82, 2.24) is 4.90 Å². The lowest BCUT2D eigenvalue weighted by Gasteiger charge is -2.43. The largest absolute Gasteiger partial charge is 0.547 e. The van der Waals surface area contributed by atoms with Crippen molar-refractivity contribution in [3.8, 4) is 0 Å². The van der Waals surface area contributed by atoms with Crippen LogP contribution in [0.4, 0.5) is 0 Å². The number of nitrogens with zero attached hydrogens (tertiary/aromatic N) is 1. The van der Waals surface area contributed by atoms with Gasteiger partial charge < -0.3 is 14.1 Å². The summed E-state index contributed by atoms with van der Waals surface area (Å²) in [5.41, 5.74) is -0.515. The molecule has 128 valence electrons. The van der Waals surface area contributed by atoms with E-state index in [-0.39, 0.29) is 17.0 Å². The minimum atomic E-state index is -1.84. The number of ether oxygens (including phenoxy) is 1. The molecule has 2 atom stereocenters. The second-order valence-corrected chi connectivity index (χ2v) is 13.0. The summed E-state index contributed by atoms with van der Waals surface area (Å²) in [5, 5.41) is 0.171. The summed E-state index contributed by atoms with van der Waals surface area (Å²) in [5.74, 6) is 0.889. The predicted octanol–water partition coefficient (Wildman–Crippen LogP) is 3.80. The fourth-order valence-corrected chi connectivity index (χ4v) is 3.85. The molecule has 1 aliphatic carbocycles. The van der Waals surface area contributed by atoms with E-state index in [1.54, 1.807) is 0 Å². The SMILES string of the molecule is COC(=O)[C@]1(C)CCC(O[Si](C)(C)C(C)(C)C)=C[C@H]1N(C)C. The minimum Gasteiger partial charge on any atom is -0.547 e. The van der Waals surface area contributed by atoms with E-state index >= 15 is 0 Å². The molecule has 0 saturated heterocycles. The molecule has 0 amide bonds. The van der Waals surface area contributed by atoms with E-state index in [4.69, 9.17) is 9.16 Å². The van der Waals surface area contributed by atoms with Crippen molar-refractivity contribution >= 4 is 14.3 Å². The van der Waals surface area contributed by atoms with E-state index in [0.717, 1.165) is 18.6 Å². The van der Waals surface area contributed by atoms with Gasteiger partial charge in [-0.05, 0) is 51.6 Å². The zero-order valence-corrected chi connectivity index (χ0v) is 16.7. The number of rotatable bonds is 4. The van der Waals surface area contributed by atoms with Gasteiger partial charge in [-0.2, -0.15) is 0 Å². The Bertz CT molecular complexity index is 451. The molecule has 0 radical (unpaired) electrons. The number of hydrogen-bond donors (Lipinski definition) is 0. The van der Waals surface area contributed by atoms with Gasteiger partial charge in [-0.25, -0.2) is 0 Å². The molecule has 4 nitrogen and oxygen atoms in total. The molecule has 0 spiro atoms. The van der Waals surface area contributed by atoms with Crippen molar-refractivity contribution in [3.63, 3.8) is 0 Å². The van der Waals surface area contributed by atoms with Crippen molar-refractivity contribution in [2.75, 3.05) is 21.2 Å². The maximum absolute atomic E-state index is 12.2. The third kappa shape index (κ3) is 3.74. The van der Waals surface area contributed by atoms with Crippen LogP contribution in [0.5, 0.6) is 0 Å². The Morgan fingerprint density at radius 2 is 1.91 bits per heavy atom. The zero-order valence-electron chi connectivity index (χ0n) is 15.7. The number of methoxy groups -OCH3 is 1. The Morgan fingerprint density at radius 1 is 1.36 bits per heavy atom. The van der Waals surface area contributed by atoms with Crippen LogP contribution in [0.3, 0.4) is 0 Å². The molecule has 0 saturated carbocycles. The van der Waals surface area contributed by atoms with Crippen molar-refractivity contribution < 1.29 is 14.0 Å². The Morgan fingerprint density at radius 3 is 2.32 bits per heavy atom. The summed E-state index contributed by atoms with van der Waals surface area (Å²) in [4.78, 5) is 14.3. The normalized spacial score (nSPS) is 26.6. The number of esters is 1. The van der Waals surface area contributed by atoms with Crippen LogP contribution in [-0.2, 0) is 14.0 Å². The van der Waals surface area contributed by atoms with Crippen LogP contribution < -0.4 is 0 Å². The van der Waals surface area contributed by atoms with Gasteiger partial charge in [0.2, 0.25) is 8.32 Å². The van der Waals surface area contributed by atoms with Gasteiger partial charge in [-0.15, -0.1) is 0 Å². The van der Waals surface area contributed by atoms with Crippen LogP contribution in [0.25, 0.3) is 0 Å². The van der Waals surface area contributed by atoms with E-state index in [0.29, 0.717) is 0 Å². The van der Waals surface area contributed by atoms with Crippen LogP contribution in [-0.4, -0.2) is 46.4 Å². The summed E-state index contributed by atoms with van der Waals surface area (Å²) in [7, 11) is 3.62. The molecule has 1 aliphatic rings. The summed E-state index contributed by atoms with van der Waals surface area (Å²) in [6, 6.07) is -0.00605. The number of allylic oxidation sites excluding steroid dienone is 1. The summed E-state index contributed by atoms with van der Waals surface area (Å²) >= 11 is 0. The summed E-state index contributed by atoms with van der Waals surface area (Å²) in [6.45, 7) is 13.2. The van der Waals surface area contributed by atoms with Crippen molar-refractivity contribution in [1.29, 1.82) is 0 Å². The molecule has 0 fully saturated rings. The molecule has 22 heavy (non-hydrogen) atoms. The molecule has 0 unspecified atom stereocenters. The van der Waals surface area contributed by atoms with Crippen LogP contribution in [0, 0.1) is 5.41 Å². The minimum absolute atomic E-state index is 0.00605. The van der Waals surface area contributed by atoms with Gasteiger partial charge in [0.1, 0.15) is 0 Å². The van der Waals surface area contributed by atoms with Gasteiger partial charge in [0.15, 0.2) is 0 Å². The Balaban J connectivity index is 3.08. The van der Waals surface area contributed by atoms with Crippen LogP contribution in [0.2, 0.25) is 18.1 Å². The van der Waals surface area contributed by atoms with Gasteiger partial charge in [-0.1, -0.05) is 20.8 Å². The van der Waals surface area contributed by atoms with E-state index in [1.165, 1.54) is 7.11 Å². The van der Waals surface area contributed by atoms with Crippen LogP contribution >= 0.6 is 0 Å². The lowest BCUT2D eigenvalue weighted by molar-refractivity contribution is -0.155. The smallest absolute Gasteiger partial charge is 0.313 e. The van der Waals surface area contributed by atoms with E-state index in [9.17, 15) is 4.79 Å². The van der Waals surface area contributed by atoms with Gasteiger partial charge in [0.25, 0.3) is 0 Å². The average Bonchev–Trinajstić information content (AvgIpc) is 2.38. The third-order valence-electron chi connectivity index (χ3n) is 5.29. The molecule has 0 aromatic rings. The van der Waals surface area contributed by atoms with Crippen molar-refractivity contribution in [3.05, 3.63) is 11.8 Å². The van der Waals surface area contributed by atoms with Gasteiger partial charge in [0, 0.05) is 12.5 Å². The van der Waals surface area contributed by atoms with Crippen molar-refractivity contribution in [2.24, 2.45) is 5.41 Å². The molecular weight excluding hydrogens is 294 g/mol. The first-order valence-corrected chi connectivity index (χ1v) is 10.9. The highest BCUT2D eigenvalue weighted by atomic mass is 28.4. The van der Waals surface area contributed by atoms with Gasteiger partial charge in [-0.3, -0.25) is 4.79 Å². The number of hydrogen-bond acceptors (Lipinski definition) is 4. The molecule has 0 aliphatic heterocycles. The number of carbonyl (C=O) groups is 1. The van der Waals surface area contributed by atoms with E-state index < -0.39 is 13.7 Å². The quantitative estimate of drug-likeness (QED) is 0.581. The lowest BCUT2D eigenvalue weighted by Crippen LogP contribution is -2.50. The maximum atomic E-state index is 12.2. The highest BCUT2D eigenvalue weighted by Crippen LogP contribution is 2.43. The average molecular weight is 328 g/mol. The fraction of sp³-hybridized carbons (Fsp3) is 0.824. The molecule has 0 heterocycles. The first-order valence-electron chi connectivity index (χ1n) is 8.00. The molecule has 0 aromatic heterocycles. The first-order chi connectivity index (χ1) is 9.85. The summed E-state index contributed by atoms with van der Waals surface area (Å²) < 4.78 is 11.5.